The first kappa shape index (κ1) is 11.6. The molecule has 0 saturated heterocycles. The Morgan fingerprint density at radius 2 is 1.78 bits per heavy atom. The van der Waals surface area contributed by atoms with E-state index < -0.39 is 15.8 Å². The third-order valence-electron chi connectivity index (χ3n) is 2.18. The summed E-state index contributed by atoms with van der Waals surface area (Å²) in [6, 6.07) is 5.85. The minimum atomic E-state index is -0.688. The molecule has 0 saturated carbocycles. The standard InChI is InChI=1S/C9H7N5O4/c15-13(16)8-3-1-7(2-4-8)5-12-6-10-9(11-12)14(17)18/h1-4,6H,5H2. The van der Waals surface area contributed by atoms with E-state index in [9.17, 15) is 20.2 Å². The maximum absolute atomic E-state index is 10.5. The summed E-state index contributed by atoms with van der Waals surface area (Å²) >= 11 is 0. The van der Waals surface area contributed by atoms with Gasteiger partial charge in [-0.25, -0.2) is 0 Å². The predicted molar refractivity (Wildman–Crippen MR) is 58.9 cm³/mol. The zero-order valence-corrected chi connectivity index (χ0v) is 8.96. The molecule has 92 valence electrons. The average molecular weight is 249 g/mol. The summed E-state index contributed by atoms with van der Waals surface area (Å²) in [5.41, 5.74) is 0.726. The van der Waals surface area contributed by atoms with Crippen LogP contribution in [-0.4, -0.2) is 24.6 Å². The van der Waals surface area contributed by atoms with Gasteiger partial charge in [0, 0.05) is 17.2 Å². The quantitative estimate of drug-likeness (QED) is 0.592. The summed E-state index contributed by atoms with van der Waals surface area (Å²) in [7, 11) is 0. The Hall–Kier alpha value is -2.84. The van der Waals surface area contributed by atoms with Crippen LogP contribution in [0, 0.1) is 20.2 Å². The van der Waals surface area contributed by atoms with Crippen molar-refractivity contribution in [2.75, 3.05) is 0 Å². The lowest BCUT2D eigenvalue weighted by Gasteiger charge is -1.97. The van der Waals surface area contributed by atoms with Crippen LogP contribution in [0.3, 0.4) is 0 Å². The van der Waals surface area contributed by atoms with E-state index in [1.165, 1.54) is 23.1 Å². The molecule has 9 heteroatoms. The van der Waals surface area contributed by atoms with Crippen molar-refractivity contribution in [1.29, 1.82) is 0 Å². The Kier molecular flexibility index (Phi) is 2.96. The van der Waals surface area contributed by atoms with E-state index in [1.807, 2.05) is 0 Å². The Bertz CT molecular complexity index is 591. The summed E-state index contributed by atoms with van der Waals surface area (Å²) < 4.78 is 1.29. The first-order valence-electron chi connectivity index (χ1n) is 4.83. The normalized spacial score (nSPS) is 10.2. The van der Waals surface area contributed by atoms with E-state index in [1.54, 1.807) is 12.1 Å². The van der Waals surface area contributed by atoms with Crippen LogP contribution in [0.5, 0.6) is 0 Å². The molecule has 0 N–H and O–H groups in total. The van der Waals surface area contributed by atoms with Crippen molar-refractivity contribution < 1.29 is 9.85 Å². The highest BCUT2D eigenvalue weighted by molar-refractivity contribution is 5.32. The Morgan fingerprint density at radius 3 is 2.28 bits per heavy atom. The van der Waals surface area contributed by atoms with Gasteiger partial charge in [-0.05, 0) is 10.5 Å². The number of nitro benzene ring substituents is 1. The van der Waals surface area contributed by atoms with Crippen molar-refractivity contribution in [3.63, 3.8) is 0 Å². The van der Waals surface area contributed by atoms with Crippen molar-refractivity contribution in [3.8, 4) is 0 Å². The second-order valence-corrected chi connectivity index (χ2v) is 3.42. The highest BCUT2D eigenvalue weighted by atomic mass is 16.6. The number of nitrogens with zero attached hydrogens (tertiary/aromatic N) is 5. The fourth-order valence-electron chi connectivity index (χ4n) is 1.35. The minimum absolute atomic E-state index is 0.0108. The van der Waals surface area contributed by atoms with Gasteiger partial charge >= 0.3 is 5.95 Å². The number of nitro groups is 2. The second kappa shape index (κ2) is 4.57. The fraction of sp³-hybridized carbons (Fsp3) is 0.111. The van der Waals surface area contributed by atoms with Gasteiger partial charge in [0.05, 0.1) is 11.5 Å². The highest BCUT2D eigenvalue weighted by Crippen LogP contribution is 2.12. The third-order valence-corrected chi connectivity index (χ3v) is 2.18. The predicted octanol–water partition coefficient (Wildman–Crippen LogP) is 1.14. The minimum Gasteiger partial charge on any atom is -0.390 e. The van der Waals surface area contributed by atoms with Crippen molar-refractivity contribution in [2.45, 2.75) is 6.54 Å². The maximum Gasteiger partial charge on any atom is 0.490 e. The van der Waals surface area contributed by atoms with E-state index >= 15 is 0 Å². The van der Waals surface area contributed by atoms with Crippen LogP contribution in [0.15, 0.2) is 30.6 Å². The van der Waals surface area contributed by atoms with Crippen LogP contribution >= 0.6 is 0 Å². The number of aromatic nitrogens is 3. The number of rotatable bonds is 4. The molecule has 0 unspecified atom stereocenters. The number of hydrogen-bond donors (Lipinski definition) is 0. The van der Waals surface area contributed by atoms with Crippen LogP contribution in [0.2, 0.25) is 0 Å². The average Bonchev–Trinajstić information content (AvgIpc) is 2.78. The number of non-ortho nitro benzene ring substituents is 1. The summed E-state index contributed by atoms with van der Waals surface area (Å²) in [4.78, 5) is 23.1. The zero-order chi connectivity index (χ0) is 13.1. The molecule has 0 radical (unpaired) electrons. The highest BCUT2D eigenvalue weighted by Gasteiger charge is 2.13. The van der Waals surface area contributed by atoms with Crippen molar-refractivity contribution in [3.05, 3.63) is 56.4 Å². The summed E-state index contributed by atoms with van der Waals surface area (Å²) in [6.07, 6.45) is 1.24. The molecule has 2 aromatic rings. The molecule has 2 rings (SSSR count). The van der Waals surface area contributed by atoms with E-state index in [0.717, 1.165) is 5.56 Å². The monoisotopic (exact) mass is 249 g/mol. The largest absolute Gasteiger partial charge is 0.490 e. The van der Waals surface area contributed by atoms with Crippen molar-refractivity contribution >= 4 is 11.6 Å². The first-order chi connectivity index (χ1) is 8.56. The van der Waals surface area contributed by atoms with Gasteiger partial charge in [-0.15, -0.1) is 0 Å². The fourth-order valence-corrected chi connectivity index (χ4v) is 1.35. The molecule has 1 aromatic carbocycles. The second-order valence-electron chi connectivity index (χ2n) is 3.42. The first-order valence-corrected chi connectivity index (χ1v) is 4.83. The third kappa shape index (κ3) is 2.45. The summed E-state index contributed by atoms with van der Waals surface area (Å²) in [5, 5.41) is 24.5. The van der Waals surface area contributed by atoms with Gasteiger partial charge in [-0.1, -0.05) is 17.1 Å². The molecular formula is C9H7N5O4. The molecule has 9 nitrogen and oxygen atoms in total. The zero-order valence-electron chi connectivity index (χ0n) is 8.96. The lowest BCUT2D eigenvalue weighted by Crippen LogP contribution is -2.01. The van der Waals surface area contributed by atoms with Gasteiger partial charge in [-0.2, -0.15) is 4.68 Å². The maximum atomic E-state index is 10.5. The molecule has 0 fully saturated rings. The topological polar surface area (TPSA) is 117 Å². The molecule has 0 spiro atoms. The summed E-state index contributed by atoms with van der Waals surface area (Å²) in [5.74, 6) is -0.475. The SMILES string of the molecule is O=[N+]([O-])c1ccc(Cn2cnc([N+](=O)[O-])n2)cc1. The van der Waals surface area contributed by atoms with E-state index in [4.69, 9.17) is 0 Å². The number of benzene rings is 1. The van der Waals surface area contributed by atoms with Crippen LogP contribution in [-0.2, 0) is 6.54 Å². The molecule has 0 atom stereocenters. The lowest BCUT2D eigenvalue weighted by molar-refractivity contribution is -0.394. The molecule has 0 aliphatic rings. The van der Waals surface area contributed by atoms with E-state index in [2.05, 4.69) is 10.1 Å². The summed E-state index contributed by atoms with van der Waals surface area (Å²) in [6.45, 7) is 0.263. The van der Waals surface area contributed by atoms with Crippen molar-refractivity contribution in [2.24, 2.45) is 0 Å². The van der Waals surface area contributed by atoms with Gasteiger partial charge < -0.3 is 10.1 Å². The molecule has 0 amide bonds. The molecule has 0 aliphatic carbocycles. The lowest BCUT2D eigenvalue weighted by atomic mass is 10.2. The van der Waals surface area contributed by atoms with Crippen molar-refractivity contribution in [1.82, 2.24) is 14.8 Å². The molecule has 1 heterocycles. The molecule has 18 heavy (non-hydrogen) atoms. The molecule has 0 aliphatic heterocycles. The van der Waals surface area contributed by atoms with Crippen LogP contribution in [0.25, 0.3) is 0 Å². The van der Waals surface area contributed by atoms with Gasteiger partial charge in [-0.3, -0.25) is 10.1 Å². The van der Waals surface area contributed by atoms with Crippen LogP contribution in [0.1, 0.15) is 5.56 Å². The van der Waals surface area contributed by atoms with Gasteiger partial charge in [0.25, 0.3) is 5.69 Å². The smallest absolute Gasteiger partial charge is 0.390 e. The van der Waals surface area contributed by atoms with Gasteiger partial charge in [0.1, 0.15) is 0 Å². The Balaban J connectivity index is 2.13. The van der Waals surface area contributed by atoms with Crippen LogP contribution < -0.4 is 0 Å². The Morgan fingerprint density at radius 1 is 1.11 bits per heavy atom. The van der Waals surface area contributed by atoms with Gasteiger partial charge in [0.15, 0.2) is 0 Å². The molecule has 0 bridgehead atoms. The molecular weight excluding hydrogens is 242 g/mol. The number of hydrogen-bond acceptors (Lipinski definition) is 6. The van der Waals surface area contributed by atoms with E-state index in [-0.39, 0.29) is 12.2 Å². The van der Waals surface area contributed by atoms with Gasteiger partial charge in [0.2, 0.25) is 6.33 Å². The van der Waals surface area contributed by atoms with Crippen LogP contribution in [0.4, 0.5) is 11.6 Å². The van der Waals surface area contributed by atoms with E-state index in [0.29, 0.717) is 0 Å². The molecule has 1 aromatic heterocycles. The Labute approximate surface area is 100.0 Å².